The van der Waals surface area contributed by atoms with E-state index in [-0.39, 0.29) is 5.91 Å². The molecule has 1 unspecified atom stereocenters. The van der Waals surface area contributed by atoms with E-state index in [0.717, 1.165) is 11.3 Å². The Balaban J connectivity index is 2.40. The second kappa shape index (κ2) is 3.49. The largest absolute Gasteiger partial charge is 0.357 e. The highest BCUT2D eigenvalue weighted by atomic mass is 16.2. The number of carbonyl (C=O) groups excluding carboxylic acids is 1. The summed E-state index contributed by atoms with van der Waals surface area (Å²) in [4.78, 5) is 15.6. The molecule has 2 rings (SSSR count). The molecule has 1 heterocycles. The molecule has 1 aliphatic heterocycles. The number of likely N-dealkylation sites (N-methyl/N-ethyl adjacent to an activating group) is 1. The topological polar surface area (TPSA) is 53.5 Å². The van der Waals surface area contributed by atoms with Gasteiger partial charge in [0.1, 0.15) is 0 Å². The van der Waals surface area contributed by atoms with E-state index in [2.05, 4.69) is 15.6 Å². The van der Waals surface area contributed by atoms with Crippen molar-refractivity contribution in [3.8, 4) is 0 Å². The summed E-state index contributed by atoms with van der Waals surface area (Å²) in [5.41, 5.74) is 1.85. The second-order valence-electron chi connectivity index (χ2n) is 3.03. The maximum atomic E-state index is 11.5. The summed E-state index contributed by atoms with van der Waals surface area (Å²) in [5, 5.41) is 5.59. The first-order chi connectivity index (χ1) is 6.83. The van der Waals surface area contributed by atoms with Gasteiger partial charge in [0.2, 0.25) is 5.91 Å². The van der Waals surface area contributed by atoms with E-state index < -0.39 is 6.04 Å². The number of anilines is 1. The minimum atomic E-state index is -0.419. The van der Waals surface area contributed by atoms with Crippen molar-refractivity contribution in [2.24, 2.45) is 4.99 Å². The zero-order valence-electron chi connectivity index (χ0n) is 7.82. The van der Waals surface area contributed by atoms with Crippen LogP contribution >= 0.6 is 0 Å². The van der Waals surface area contributed by atoms with Gasteiger partial charge in [-0.25, -0.2) is 0 Å². The maximum absolute atomic E-state index is 11.5. The first-order valence-electron chi connectivity index (χ1n) is 4.41. The van der Waals surface area contributed by atoms with E-state index in [0.29, 0.717) is 0 Å². The average molecular weight is 189 g/mol. The lowest BCUT2D eigenvalue weighted by molar-refractivity contribution is -0.121. The highest BCUT2D eigenvalue weighted by Gasteiger charge is 2.22. The number of fused-ring (bicyclic) bond motifs is 1. The summed E-state index contributed by atoms with van der Waals surface area (Å²) in [6.45, 7) is 0. The Morgan fingerprint density at radius 2 is 2.29 bits per heavy atom. The molecule has 1 atom stereocenters. The number of rotatable bonds is 1. The van der Waals surface area contributed by atoms with Gasteiger partial charge in [0.05, 0.1) is 6.34 Å². The van der Waals surface area contributed by atoms with Crippen LogP contribution in [0.3, 0.4) is 0 Å². The molecule has 4 heteroatoms. The first-order valence-corrected chi connectivity index (χ1v) is 4.41. The van der Waals surface area contributed by atoms with Crippen molar-refractivity contribution in [2.45, 2.75) is 6.04 Å². The number of nitrogens with one attached hydrogen (secondary N) is 2. The van der Waals surface area contributed by atoms with Crippen molar-refractivity contribution in [1.29, 1.82) is 0 Å². The first kappa shape index (κ1) is 8.74. The molecule has 0 fully saturated rings. The second-order valence-corrected chi connectivity index (χ2v) is 3.03. The van der Waals surface area contributed by atoms with Crippen LogP contribution in [0.2, 0.25) is 0 Å². The lowest BCUT2D eigenvalue weighted by Gasteiger charge is -2.19. The van der Waals surface area contributed by atoms with Crippen molar-refractivity contribution in [2.75, 3.05) is 12.4 Å². The molecule has 0 aromatic heterocycles. The Labute approximate surface area is 82.0 Å². The van der Waals surface area contributed by atoms with E-state index in [4.69, 9.17) is 0 Å². The van der Waals surface area contributed by atoms with E-state index >= 15 is 0 Å². The summed E-state index contributed by atoms with van der Waals surface area (Å²) in [6.07, 6.45) is 1.56. The molecule has 1 aromatic rings. The van der Waals surface area contributed by atoms with Crippen molar-refractivity contribution < 1.29 is 4.79 Å². The molecule has 1 amide bonds. The molecule has 0 bridgehead atoms. The minimum absolute atomic E-state index is 0.0878. The smallest absolute Gasteiger partial charge is 0.249 e. The molecule has 1 aliphatic rings. The fourth-order valence-corrected chi connectivity index (χ4v) is 1.47. The van der Waals surface area contributed by atoms with Crippen LogP contribution < -0.4 is 10.6 Å². The van der Waals surface area contributed by atoms with Gasteiger partial charge in [-0.15, -0.1) is 0 Å². The van der Waals surface area contributed by atoms with Gasteiger partial charge >= 0.3 is 0 Å². The van der Waals surface area contributed by atoms with Crippen LogP contribution in [0.1, 0.15) is 11.6 Å². The van der Waals surface area contributed by atoms with Gasteiger partial charge in [0.25, 0.3) is 0 Å². The van der Waals surface area contributed by atoms with E-state index in [1.807, 2.05) is 24.3 Å². The van der Waals surface area contributed by atoms with Gasteiger partial charge in [-0.1, -0.05) is 18.2 Å². The fraction of sp³-hybridized carbons (Fsp3) is 0.200. The number of benzene rings is 1. The molecule has 0 spiro atoms. The molecule has 2 N–H and O–H groups in total. The molecule has 0 radical (unpaired) electrons. The molecule has 0 saturated heterocycles. The van der Waals surface area contributed by atoms with Gasteiger partial charge < -0.3 is 10.6 Å². The summed E-state index contributed by atoms with van der Waals surface area (Å²) < 4.78 is 0. The molecule has 72 valence electrons. The van der Waals surface area contributed by atoms with Crippen LogP contribution in [-0.4, -0.2) is 19.3 Å². The van der Waals surface area contributed by atoms with Crippen LogP contribution in [0.5, 0.6) is 0 Å². The Kier molecular flexibility index (Phi) is 2.18. The van der Waals surface area contributed by atoms with Gasteiger partial charge in [-0.3, -0.25) is 9.79 Å². The van der Waals surface area contributed by atoms with E-state index in [1.54, 1.807) is 13.4 Å². The molecule has 4 nitrogen and oxygen atoms in total. The van der Waals surface area contributed by atoms with Crippen LogP contribution in [0.15, 0.2) is 29.3 Å². The molecular weight excluding hydrogens is 178 g/mol. The molecule has 14 heavy (non-hydrogen) atoms. The highest BCUT2D eigenvalue weighted by molar-refractivity contribution is 5.91. The number of para-hydroxylation sites is 1. The highest BCUT2D eigenvalue weighted by Crippen LogP contribution is 2.27. The number of hydrogen-bond acceptors (Lipinski definition) is 3. The Hall–Kier alpha value is -1.84. The summed E-state index contributed by atoms with van der Waals surface area (Å²) in [7, 11) is 1.61. The van der Waals surface area contributed by atoms with E-state index in [1.165, 1.54) is 0 Å². The standard InChI is InChI=1S/C10H11N3O/c1-11-10(14)9-7-4-2-3-5-8(7)12-6-13-9/h2-6,9H,1H3,(H,11,14)(H,12,13). The lowest BCUT2D eigenvalue weighted by atomic mass is 10.0. The Morgan fingerprint density at radius 3 is 3.07 bits per heavy atom. The van der Waals surface area contributed by atoms with Gasteiger partial charge in [0.15, 0.2) is 6.04 Å². The molecular formula is C10H11N3O. The predicted molar refractivity (Wildman–Crippen MR) is 55.4 cm³/mol. The summed E-state index contributed by atoms with van der Waals surface area (Å²) in [5.74, 6) is -0.0878. The Morgan fingerprint density at radius 1 is 1.50 bits per heavy atom. The zero-order chi connectivity index (χ0) is 9.97. The molecule has 1 aromatic carbocycles. The van der Waals surface area contributed by atoms with Crippen LogP contribution in [-0.2, 0) is 4.79 Å². The summed E-state index contributed by atoms with van der Waals surface area (Å²) >= 11 is 0. The average Bonchev–Trinajstić information content (AvgIpc) is 2.27. The number of nitrogens with zero attached hydrogens (tertiary/aromatic N) is 1. The SMILES string of the molecule is CNC(=O)C1N=CNc2ccccc21. The van der Waals surface area contributed by atoms with E-state index in [9.17, 15) is 4.79 Å². The number of amides is 1. The van der Waals surface area contributed by atoms with Crippen LogP contribution in [0.25, 0.3) is 0 Å². The third-order valence-electron chi connectivity index (χ3n) is 2.19. The minimum Gasteiger partial charge on any atom is -0.357 e. The molecule has 0 saturated carbocycles. The Bertz CT molecular complexity index is 387. The monoisotopic (exact) mass is 189 g/mol. The third-order valence-corrected chi connectivity index (χ3v) is 2.19. The molecule has 0 aliphatic carbocycles. The predicted octanol–water partition coefficient (Wildman–Crippen LogP) is 0.927. The maximum Gasteiger partial charge on any atom is 0.249 e. The number of carbonyl (C=O) groups is 1. The van der Waals surface area contributed by atoms with Crippen molar-refractivity contribution in [3.63, 3.8) is 0 Å². The van der Waals surface area contributed by atoms with Gasteiger partial charge in [-0.05, 0) is 6.07 Å². The van der Waals surface area contributed by atoms with Crippen LogP contribution in [0.4, 0.5) is 5.69 Å². The number of hydrogen-bond donors (Lipinski definition) is 2. The fourth-order valence-electron chi connectivity index (χ4n) is 1.47. The number of aliphatic imine (C=N–C) groups is 1. The van der Waals surface area contributed by atoms with Crippen molar-refractivity contribution in [3.05, 3.63) is 29.8 Å². The van der Waals surface area contributed by atoms with Gasteiger partial charge in [0, 0.05) is 18.3 Å². The quantitative estimate of drug-likeness (QED) is 0.690. The summed E-state index contributed by atoms with van der Waals surface area (Å²) in [6, 6.07) is 7.23. The normalized spacial score (nSPS) is 18.2. The van der Waals surface area contributed by atoms with Crippen molar-refractivity contribution >= 4 is 17.9 Å². The third kappa shape index (κ3) is 1.35. The zero-order valence-corrected chi connectivity index (χ0v) is 7.82. The lowest BCUT2D eigenvalue weighted by Crippen LogP contribution is -2.27. The van der Waals surface area contributed by atoms with Crippen LogP contribution in [0, 0.1) is 0 Å². The van der Waals surface area contributed by atoms with Crippen molar-refractivity contribution in [1.82, 2.24) is 5.32 Å². The van der Waals surface area contributed by atoms with Gasteiger partial charge in [-0.2, -0.15) is 0 Å².